The SMILES string of the molecule is CC(Br)c1cc2c(s1)CCC2. The van der Waals surface area contributed by atoms with Gasteiger partial charge >= 0.3 is 0 Å². The molecule has 11 heavy (non-hydrogen) atoms. The Hall–Kier alpha value is 0.180. The molecule has 60 valence electrons. The number of halogens is 1. The molecule has 1 unspecified atom stereocenters. The summed E-state index contributed by atoms with van der Waals surface area (Å²) in [6.07, 6.45) is 4.00. The summed E-state index contributed by atoms with van der Waals surface area (Å²) in [5, 5.41) is 0. The van der Waals surface area contributed by atoms with Crippen molar-refractivity contribution in [3.63, 3.8) is 0 Å². The smallest absolute Gasteiger partial charge is 0.0461 e. The molecule has 1 aliphatic carbocycles. The van der Waals surface area contributed by atoms with Crippen molar-refractivity contribution < 1.29 is 0 Å². The van der Waals surface area contributed by atoms with Gasteiger partial charge in [-0.1, -0.05) is 15.9 Å². The summed E-state index contributed by atoms with van der Waals surface area (Å²) in [6.45, 7) is 2.20. The molecule has 0 N–H and O–H groups in total. The van der Waals surface area contributed by atoms with E-state index >= 15 is 0 Å². The zero-order valence-electron chi connectivity index (χ0n) is 6.56. The second kappa shape index (κ2) is 2.91. The maximum absolute atomic E-state index is 3.59. The van der Waals surface area contributed by atoms with Gasteiger partial charge in [0.05, 0.1) is 0 Å². The van der Waals surface area contributed by atoms with Crippen molar-refractivity contribution in [1.82, 2.24) is 0 Å². The third-order valence-electron chi connectivity index (χ3n) is 2.16. The van der Waals surface area contributed by atoms with Crippen LogP contribution in [0.2, 0.25) is 0 Å². The van der Waals surface area contributed by atoms with Gasteiger partial charge in [0.2, 0.25) is 0 Å². The Morgan fingerprint density at radius 2 is 2.36 bits per heavy atom. The lowest BCUT2D eigenvalue weighted by Gasteiger charge is -1.96. The predicted molar refractivity (Wildman–Crippen MR) is 53.7 cm³/mol. The van der Waals surface area contributed by atoms with Crippen molar-refractivity contribution >= 4 is 27.3 Å². The molecule has 2 heteroatoms. The van der Waals surface area contributed by atoms with E-state index in [-0.39, 0.29) is 0 Å². The van der Waals surface area contributed by atoms with E-state index in [2.05, 4.69) is 28.9 Å². The van der Waals surface area contributed by atoms with E-state index in [0.717, 1.165) is 0 Å². The van der Waals surface area contributed by atoms with Crippen LogP contribution in [-0.2, 0) is 12.8 Å². The Morgan fingerprint density at radius 3 is 3.00 bits per heavy atom. The first-order valence-electron chi connectivity index (χ1n) is 4.03. The number of rotatable bonds is 1. The van der Waals surface area contributed by atoms with Crippen LogP contribution in [0.15, 0.2) is 6.07 Å². The number of fused-ring (bicyclic) bond motifs is 1. The van der Waals surface area contributed by atoms with Gasteiger partial charge in [-0.05, 0) is 37.8 Å². The summed E-state index contributed by atoms with van der Waals surface area (Å²) in [7, 11) is 0. The average molecular weight is 231 g/mol. The summed E-state index contributed by atoms with van der Waals surface area (Å²) >= 11 is 5.58. The minimum atomic E-state index is 0.540. The van der Waals surface area contributed by atoms with E-state index in [1.807, 2.05) is 11.3 Å². The van der Waals surface area contributed by atoms with Gasteiger partial charge < -0.3 is 0 Å². The van der Waals surface area contributed by atoms with Gasteiger partial charge in [0, 0.05) is 14.6 Å². The number of alkyl halides is 1. The molecule has 0 fully saturated rings. The second-order valence-corrected chi connectivity index (χ2v) is 5.61. The first-order valence-corrected chi connectivity index (χ1v) is 5.76. The highest BCUT2D eigenvalue weighted by atomic mass is 79.9. The largest absolute Gasteiger partial charge is 0.144 e. The van der Waals surface area contributed by atoms with Crippen LogP contribution in [0, 0.1) is 0 Å². The molecule has 0 nitrogen and oxygen atoms in total. The molecule has 1 atom stereocenters. The normalized spacial score (nSPS) is 18.4. The van der Waals surface area contributed by atoms with Crippen molar-refractivity contribution in [2.45, 2.75) is 31.0 Å². The van der Waals surface area contributed by atoms with E-state index in [1.165, 1.54) is 24.1 Å². The molecule has 1 aliphatic rings. The van der Waals surface area contributed by atoms with Crippen LogP contribution in [0.1, 0.15) is 33.5 Å². The topological polar surface area (TPSA) is 0 Å². The maximum atomic E-state index is 3.59. The van der Waals surface area contributed by atoms with Crippen LogP contribution in [-0.4, -0.2) is 0 Å². The van der Waals surface area contributed by atoms with Gasteiger partial charge in [-0.15, -0.1) is 11.3 Å². The Kier molecular flexibility index (Phi) is 2.06. The predicted octanol–water partition coefficient (Wildman–Crippen LogP) is 3.69. The lowest BCUT2D eigenvalue weighted by atomic mass is 10.2. The number of thiophene rings is 1. The van der Waals surface area contributed by atoms with Crippen LogP contribution in [0.3, 0.4) is 0 Å². The zero-order chi connectivity index (χ0) is 7.84. The van der Waals surface area contributed by atoms with Crippen LogP contribution in [0.5, 0.6) is 0 Å². The molecular weight excluding hydrogens is 220 g/mol. The average Bonchev–Trinajstić information content (AvgIpc) is 2.40. The van der Waals surface area contributed by atoms with Gasteiger partial charge in [-0.3, -0.25) is 0 Å². The van der Waals surface area contributed by atoms with E-state index in [9.17, 15) is 0 Å². The Morgan fingerprint density at radius 1 is 1.55 bits per heavy atom. The van der Waals surface area contributed by atoms with E-state index in [1.54, 1.807) is 10.4 Å². The molecule has 0 bridgehead atoms. The molecule has 1 heterocycles. The van der Waals surface area contributed by atoms with Gasteiger partial charge in [0.25, 0.3) is 0 Å². The monoisotopic (exact) mass is 230 g/mol. The van der Waals surface area contributed by atoms with Gasteiger partial charge in [0.15, 0.2) is 0 Å². The molecular formula is C9H11BrS. The Bertz CT molecular complexity index is 241. The molecule has 1 aromatic heterocycles. The first kappa shape index (κ1) is 7.81. The first-order chi connectivity index (χ1) is 5.27. The van der Waals surface area contributed by atoms with Crippen molar-refractivity contribution in [1.29, 1.82) is 0 Å². The molecule has 0 amide bonds. The Balaban J connectivity index is 2.34. The van der Waals surface area contributed by atoms with Gasteiger partial charge in [-0.25, -0.2) is 0 Å². The van der Waals surface area contributed by atoms with Crippen molar-refractivity contribution in [2.75, 3.05) is 0 Å². The summed E-state index contributed by atoms with van der Waals surface area (Å²) in [6, 6.07) is 2.37. The quantitative estimate of drug-likeness (QED) is 0.646. The zero-order valence-corrected chi connectivity index (χ0v) is 8.96. The minimum absolute atomic E-state index is 0.540. The third kappa shape index (κ3) is 1.38. The minimum Gasteiger partial charge on any atom is -0.144 e. The molecule has 0 aromatic carbocycles. The lowest BCUT2D eigenvalue weighted by Crippen LogP contribution is -1.76. The highest BCUT2D eigenvalue weighted by Gasteiger charge is 2.16. The summed E-state index contributed by atoms with van der Waals surface area (Å²) < 4.78 is 0. The maximum Gasteiger partial charge on any atom is 0.0461 e. The van der Waals surface area contributed by atoms with Crippen LogP contribution < -0.4 is 0 Å². The molecule has 0 spiro atoms. The Labute approximate surface area is 79.8 Å². The van der Waals surface area contributed by atoms with Crippen LogP contribution in [0.4, 0.5) is 0 Å². The fraction of sp³-hybridized carbons (Fsp3) is 0.556. The van der Waals surface area contributed by atoms with Crippen molar-refractivity contribution in [3.05, 3.63) is 21.4 Å². The van der Waals surface area contributed by atoms with Crippen molar-refractivity contribution in [2.24, 2.45) is 0 Å². The highest BCUT2D eigenvalue weighted by Crippen LogP contribution is 2.36. The van der Waals surface area contributed by atoms with E-state index in [0.29, 0.717) is 4.83 Å². The molecule has 0 radical (unpaired) electrons. The molecule has 0 aliphatic heterocycles. The third-order valence-corrected chi connectivity index (χ3v) is 4.37. The summed E-state index contributed by atoms with van der Waals surface area (Å²) in [4.78, 5) is 3.67. The molecule has 0 saturated carbocycles. The van der Waals surface area contributed by atoms with E-state index in [4.69, 9.17) is 0 Å². The molecule has 0 saturated heterocycles. The molecule has 2 rings (SSSR count). The second-order valence-electron chi connectivity index (χ2n) is 3.07. The van der Waals surface area contributed by atoms with Crippen molar-refractivity contribution in [3.8, 4) is 0 Å². The number of hydrogen-bond acceptors (Lipinski definition) is 1. The van der Waals surface area contributed by atoms with Crippen LogP contribution >= 0.6 is 27.3 Å². The van der Waals surface area contributed by atoms with E-state index < -0.39 is 0 Å². The highest BCUT2D eigenvalue weighted by molar-refractivity contribution is 9.09. The summed E-state index contributed by atoms with van der Waals surface area (Å²) in [5.41, 5.74) is 1.61. The number of aryl methyl sites for hydroxylation is 2. The lowest BCUT2D eigenvalue weighted by molar-refractivity contribution is 0.913. The van der Waals surface area contributed by atoms with Crippen LogP contribution in [0.25, 0.3) is 0 Å². The fourth-order valence-corrected chi connectivity index (χ4v) is 3.15. The standard InChI is InChI=1S/C9H11BrS/c1-6(10)9-5-7-3-2-4-8(7)11-9/h5-6H,2-4H2,1H3. The molecule has 1 aromatic rings. The number of hydrogen-bond donors (Lipinski definition) is 0. The van der Waals surface area contributed by atoms with Gasteiger partial charge in [-0.2, -0.15) is 0 Å². The van der Waals surface area contributed by atoms with Gasteiger partial charge in [0.1, 0.15) is 0 Å². The fourth-order valence-electron chi connectivity index (χ4n) is 1.55. The summed E-state index contributed by atoms with van der Waals surface area (Å²) in [5.74, 6) is 0.